The van der Waals surface area contributed by atoms with Gasteiger partial charge in [-0.1, -0.05) is 35.9 Å². The maximum absolute atomic E-state index is 11.4. The minimum atomic E-state index is -4.27. The summed E-state index contributed by atoms with van der Waals surface area (Å²) in [7, 11) is -2.89. The molecule has 0 atom stereocenters. The molecule has 0 saturated heterocycles. The van der Waals surface area contributed by atoms with Crippen LogP contribution in [0.5, 0.6) is 0 Å². The van der Waals surface area contributed by atoms with Crippen LogP contribution in [0.1, 0.15) is 12.5 Å². The second-order valence-corrected chi connectivity index (χ2v) is 9.39. The van der Waals surface area contributed by atoms with Gasteiger partial charge in [0.1, 0.15) is 10.1 Å². The van der Waals surface area contributed by atoms with Gasteiger partial charge >= 0.3 is 27.2 Å². The van der Waals surface area contributed by atoms with Gasteiger partial charge in [-0.15, -0.1) is 0 Å². The highest BCUT2D eigenvalue weighted by Gasteiger charge is 2.29. The highest BCUT2D eigenvalue weighted by atomic mass is 127. The van der Waals surface area contributed by atoms with E-state index in [1.54, 1.807) is 19.1 Å². The van der Waals surface area contributed by atoms with Crippen LogP contribution in [0, 0.1) is 10.5 Å². The van der Waals surface area contributed by atoms with Gasteiger partial charge in [-0.2, -0.15) is 0 Å². The van der Waals surface area contributed by atoms with Crippen LogP contribution in [0.4, 0.5) is 0 Å². The molecule has 26 heavy (non-hydrogen) atoms. The van der Waals surface area contributed by atoms with E-state index in [1.165, 1.54) is 19.2 Å². The molecule has 0 radical (unpaired) electrons. The van der Waals surface area contributed by atoms with Gasteiger partial charge in [-0.05, 0) is 38.1 Å². The molecule has 2 rings (SSSR count). The zero-order valence-electron chi connectivity index (χ0n) is 14.6. The number of nitrogens with two attached hydrogens (primary N) is 1. The van der Waals surface area contributed by atoms with Gasteiger partial charge in [-0.3, -0.25) is 0 Å². The van der Waals surface area contributed by atoms with E-state index < -0.39 is 31.3 Å². The number of carbonyl (C=O) groups excluding carboxylic acids is 1. The molecule has 0 bridgehead atoms. The van der Waals surface area contributed by atoms with Crippen molar-refractivity contribution in [1.29, 1.82) is 0 Å². The molecule has 0 spiro atoms. The highest BCUT2D eigenvalue weighted by Crippen LogP contribution is 2.08. The average Bonchev–Trinajstić information content (AvgIpc) is 2.60. The summed E-state index contributed by atoms with van der Waals surface area (Å²) in [6, 6.07) is 15.6. The Morgan fingerprint density at radius 1 is 1.08 bits per heavy atom. The van der Waals surface area contributed by atoms with E-state index in [-0.39, 0.29) is 10.9 Å². The molecule has 0 aliphatic heterocycles. The summed E-state index contributed by atoms with van der Waals surface area (Å²) < 4.78 is 37.6. The van der Waals surface area contributed by atoms with Crippen molar-refractivity contribution in [3.8, 4) is 0 Å². The van der Waals surface area contributed by atoms with Crippen LogP contribution in [0.2, 0.25) is 0 Å². The van der Waals surface area contributed by atoms with E-state index in [9.17, 15) is 17.8 Å². The van der Waals surface area contributed by atoms with Gasteiger partial charge in [0, 0.05) is 0 Å². The van der Waals surface area contributed by atoms with Crippen LogP contribution >= 0.6 is 0 Å². The Balaban J connectivity index is 0.000000273. The van der Waals surface area contributed by atoms with E-state index >= 15 is 0 Å². The van der Waals surface area contributed by atoms with Crippen LogP contribution in [0.15, 0.2) is 68.8 Å². The third kappa shape index (κ3) is 7.54. The van der Waals surface area contributed by atoms with Crippen LogP contribution in [-0.2, 0) is 19.6 Å². The van der Waals surface area contributed by atoms with Crippen LogP contribution in [0.3, 0.4) is 0 Å². The zero-order valence-corrected chi connectivity index (χ0v) is 17.6. The summed E-state index contributed by atoms with van der Waals surface area (Å²) in [5, 5.41) is 0. The van der Waals surface area contributed by atoms with E-state index in [2.05, 4.69) is 0 Å². The molecule has 0 saturated carbocycles. The van der Waals surface area contributed by atoms with E-state index in [4.69, 9.17) is 10.5 Å². The summed E-state index contributed by atoms with van der Waals surface area (Å²) in [5.74, 6) is -0.313. The number of ether oxygens (including phenoxy) is 1. The zero-order chi connectivity index (χ0) is 19.7. The molecule has 6 nitrogen and oxygen atoms in total. The molecule has 0 unspecified atom stereocenters. The molecule has 0 aromatic heterocycles. The van der Waals surface area contributed by atoms with Crippen LogP contribution in [0.25, 0.3) is 0 Å². The summed E-state index contributed by atoms with van der Waals surface area (Å²) in [4.78, 5) is 11.2. The molecule has 8 heteroatoms. The quantitative estimate of drug-likeness (QED) is 0.261. The Bertz CT molecular complexity index is 858. The van der Waals surface area contributed by atoms with Gasteiger partial charge in [-0.25, -0.2) is 13.2 Å². The van der Waals surface area contributed by atoms with E-state index in [0.29, 0.717) is 9.28 Å². The lowest BCUT2D eigenvalue weighted by atomic mass is 10.2. The summed E-state index contributed by atoms with van der Waals surface area (Å²) in [5.41, 5.74) is 7.15. The molecule has 0 amide bonds. The van der Waals surface area contributed by atoms with Crippen molar-refractivity contribution in [2.45, 2.75) is 18.7 Å². The molecule has 140 valence electrons. The van der Waals surface area contributed by atoms with Gasteiger partial charge < -0.3 is 15.0 Å². The Morgan fingerprint density at radius 3 is 2.04 bits per heavy atom. The van der Waals surface area contributed by atoms with Crippen molar-refractivity contribution >= 4 is 16.1 Å². The highest BCUT2D eigenvalue weighted by molar-refractivity contribution is 7.85. The molecule has 0 aliphatic carbocycles. The number of halogens is 1. The minimum Gasteiger partial charge on any atom is -0.744 e. The molecular formula is C18H20INO5S. The molecule has 0 fully saturated rings. The maximum Gasteiger partial charge on any atom is 0.387 e. The van der Waals surface area contributed by atoms with Crippen molar-refractivity contribution < 1.29 is 43.7 Å². The summed E-state index contributed by atoms with van der Waals surface area (Å²) >= 11 is -0.546. The van der Waals surface area contributed by atoms with Crippen LogP contribution < -0.4 is 26.9 Å². The maximum atomic E-state index is 11.4. The number of benzene rings is 2. The molecule has 0 heterocycles. The predicted octanol–water partition coefficient (Wildman–Crippen LogP) is -0.792. The number of hydrogen-bond donors (Lipinski definition) is 1. The van der Waals surface area contributed by atoms with Crippen LogP contribution in [-0.4, -0.2) is 26.0 Å². The Labute approximate surface area is 164 Å². The van der Waals surface area contributed by atoms with E-state index in [1.807, 2.05) is 37.3 Å². The first kappa shape index (κ1) is 22.1. The Hall–Kier alpha value is -1.91. The number of rotatable bonds is 4. The second kappa shape index (κ2) is 10.3. The average molecular weight is 489 g/mol. The van der Waals surface area contributed by atoms with Crippen molar-refractivity contribution in [2.24, 2.45) is 5.73 Å². The molecular weight excluding hydrogens is 469 g/mol. The first-order valence-corrected chi connectivity index (χ1v) is 11.0. The lowest BCUT2D eigenvalue weighted by Crippen LogP contribution is -3.61. The molecule has 2 aromatic rings. The fourth-order valence-electron chi connectivity index (χ4n) is 1.66. The normalized spacial score (nSPS) is 11.7. The van der Waals surface area contributed by atoms with Crippen molar-refractivity contribution in [2.75, 3.05) is 7.11 Å². The van der Waals surface area contributed by atoms with Gasteiger partial charge in [0.25, 0.3) is 3.58 Å². The fraction of sp³-hybridized carbons (Fsp3) is 0.167. The third-order valence-electron chi connectivity index (χ3n) is 2.96. The van der Waals surface area contributed by atoms with Gasteiger partial charge in [0.15, 0.2) is 3.57 Å². The molecule has 2 N–H and O–H groups in total. The number of methoxy groups -OCH3 is 1. The number of aryl methyl sites for hydroxylation is 1. The standard InChI is InChI=1S/C11H12INO2.C7H8O3S/c1-8(13)10(11(14)15-2)12-9-6-4-3-5-7-9;1-6-2-4-7(5-3-6)11(8,9)10/h3-7H,1-2H3,(H-,13,14);2-5H,1H3,(H,8,9,10). The Kier molecular flexibility index (Phi) is 8.76. The van der Waals surface area contributed by atoms with Crippen molar-refractivity contribution in [1.82, 2.24) is 0 Å². The number of hydrogen-bond acceptors (Lipinski definition) is 6. The lowest BCUT2D eigenvalue weighted by Gasteiger charge is -2.05. The van der Waals surface area contributed by atoms with Gasteiger partial charge in [0.2, 0.25) is 0 Å². The minimum absolute atomic E-state index is 0.178. The largest absolute Gasteiger partial charge is 0.744 e. The van der Waals surface area contributed by atoms with Gasteiger partial charge in [0.05, 0.1) is 17.7 Å². The number of esters is 1. The SMILES string of the molecule is COC(=O)/C([I+]c1ccccc1)=C(/C)N.Cc1ccc(S(=O)(=O)[O-])cc1. The van der Waals surface area contributed by atoms with Crippen molar-refractivity contribution in [3.05, 3.63) is 73.0 Å². The topological polar surface area (TPSA) is 110 Å². The lowest BCUT2D eigenvalue weighted by molar-refractivity contribution is -0.572. The number of carbonyl (C=O) groups is 1. The van der Waals surface area contributed by atoms with Crippen molar-refractivity contribution in [3.63, 3.8) is 0 Å². The first-order chi connectivity index (χ1) is 12.1. The first-order valence-electron chi connectivity index (χ1n) is 7.42. The summed E-state index contributed by atoms with van der Waals surface area (Å²) in [6.45, 7) is 3.55. The second-order valence-electron chi connectivity index (χ2n) is 5.15. The monoisotopic (exact) mass is 489 g/mol. The molecule has 2 aromatic carbocycles. The number of allylic oxidation sites excluding steroid dienone is 1. The van der Waals surface area contributed by atoms with E-state index in [0.717, 1.165) is 9.13 Å². The molecule has 0 aliphatic rings. The fourth-order valence-corrected chi connectivity index (χ4v) is 4.39. The summed E-state index contributed by atoms with van der Waals surface area (Å²) in [6.07, 6.45) is 0. The smallest absolute Gasteiger partial charge is 0.387 e. The third-order valence-corrected chi connectivity index (χ3v) is 6.98. The predicted molar refractivity (Wildman–Crippen MR) is 93.2 cm³/mol. The Morgan fingerprint density at radius 2 is 1.62 bits per heavy atom.